The van der Waals surface area contributed by atoms with Crippen molar-refractivity contribution in [2.45, 2.75) is 52.0 Å². The number of nitrogens with zero attached hydrogens (tertiary/aromatic N) is 1. The molecule has 0 aromatic carbocycles. The zero-order valence-electron chi connectivity index (χ0n) is 11.2. The molecule has 1 fully saturated rings. The Hall–Kier alpha value is -0.450. The molecule has 2 N–H and O–H groups in total. The minimum absolute atomic E-state index is 0.128. The highest BCUT2D eigenvalue weighted by molar-refractivity contribution is 7.11. The molecular weight excluding hydrogens is 244 g/mol. The number of rotatable bonds is 6. The van der Waals surface area contributed by atoms with Crippen LogP contribution in [0.5, 0.6) is 0 Å². The number of aliphatic hydroxyl groups excluding tert-OH is 1. The number of aromatic nitrogens is 1. The van der Waals surface area contributed by atoms with Crippen molar-refractivity contribution in [2.24, 2.45) is 5.41 Å². The van der Waals surface area contributed by atoms with Crippen LogP contribution in [0.1, 0.15) is 48.9 Å². The Bertz CT molecular complexity index is 358. The Morgan fingerprint density at radius 2 is 2.17 bits per heavy atom. The fourth-order valence-corrected chi connectivity index (χ4v) is 3.55. The smallest absolute Gasteiger partial charge is 0.107 e. The standard InChI is InChI=1S/C14H24N2OS/c1-2-12-8-16-13(18-12)9-15-10-14(11-17)6-4-3-5-7-14/h8,15,17H,2-7,9-11H2,1H3. The molecule has 1 aliphatic carbocycles. The van der Waals surface area contributed by atoms with E-state index in [0.29, 0.717) is 6.61 Å². The van der Waals surface area contributed by atoms with Gasteiger partial charge in [0.15, 0.2) is 0 Å². The number of aryl methyl sites for hydroxylation is 1. The summed E-state index contributed by atoms with van der Waals surface area (Å²) >= 11 is 1.79. The highest BCUT2D eigenvalue weighted by atomic mass is 32.1. The summed E-state index contributed by atoms with van der Waals surface area (Å²) in [6, 6.07) is 0. The van der Waals surface area contributed by atoms with E-state index in [1.165, 1.54) is 24.1 Å². The van der Waals surface area contributed by atoms with Crippen molar-refractivity contribution < 1.29 is 5.11 Å². The van der Waals surface area contributed by atoms with Crippen LogP contribution in [-0.4, -0.2) is 23.2 Å². The average Bonchev–Trinajstić information content (AvgIpc) is 2.88. The van der Waals surface area contributed by atoms with Crippen molar-refractivity contribution >= 4 is 11.3 Å². The fraction of sp³-hybridized carbons (Fsp3) is 0.786. The molecule has 18 heavy (non-hydrogen) atoms. The summed E-state index contributed by atoms with van der Waals surface area (Å²) in [6.07, 6.45) is 9.22. The zero-order chi connectivity index (χ0) is 12.8. The molecule has 1 heterocycles. The fourth-order valence-electron chi connectivity index (χ4n) is 2.72. The quantitative estimate of drug-likeness (QED) is 0.834. The molecule has 1 saturated carbocycles. The van der Waals surface area contributed by atoms with Gasteiger partial charge in [-0.05, 0) is 19.3 Å². The van der Waals surface area contributed by atoms with E-state index in [1.54, 1.807) is 11.3 Å². The van der Waals surface area contributed by atoms with Crippen LogP contribution in [0, 0.1) is 5.41 Å². The zero-order valence-corrected chi connectivity index (χ0v) is 12.1. The maximum absolute atomic E-state index is 9.63. The van der Waals surface area contributed by atoms with Gasteiger partial charge in [0, 0.05) is 36.2 Å². The Morgan fingerprint density at radius 3 is 2.78 bits per heavy atom. The van der Waals surface area contributed by atoms with Crippen molar-refractivity contribution in [2.75, 3.05) is 13.2 Å². The van der Waals surface area contributed by atoms with E-state index in [2.05, 4.69) is 17.2 Å². The number of hydrogen-bond donors (Lipinski definition) is 2. The lowest BCUT2D eigenvalue weighted by Crippen LogP contribution is -2.38. The van der Waals surface area contributed by atoms with Crippen molar-refractivity contribution in [3.05, 3.63) is 16.1 Å². The summed E-state index contributed by atoms with van der Waals surface area (Å²) in [7, 11) is 0. The van der Waals surface area contributed by atoms with Crippen LogP contribution >= 0.6 is 11.3 Å². The van der Waals surface area contributed by atoms with Crippen molar-refractivity contribution in [1.29, 1.82) is 0 Å². The van der Waals surface area contributed by atoms with Crippen LogP contribution in [0.3, 0.4) is 0 Å². The van der Waals surface area contributed by atoms with E-state index in [-0.39, 0.29) is 5.41 Å². The van der Waals surface area contributed by atoms with Crippen LogP contribution in [0.4, 0.5) is 0 Å². The highest BCUT2D eigenvalue weighted by Gasteiger charge is 2.30. The molecule has 2 rings (SSSR count). The lowest BCUT2D eigenvalue weighted by molar-refractivity contribution is 0.0810. The first kappa shape index (κ1) is 14.0. The lowest BCUT2D eigenvalue weighted by atomic mass is 9.74. The predicted molar refractivity (Wildman–Crippen MR) is 75.8 cm³/mol. The van der Waals surface area contributed by atoms with Gasteiger partial charge >= 0.3 is 0 Å². The SMILES string of the molecule is CCc1cnc(CNCC2(CO)CCCCC2)s1. The molecular formula is C14H24N2OS. The molecule has 3 nitrogen and oxygen atoms in total. The second-order valence-electron chi connectivity index (χ2n) is 5.40. The number of aliphatic hydroxyl groups is 1. The van der Waals surface area contributed by atoms with E-state index in [1.807, 2.05) is 6.20 Å². The Kier molecular flexibility index (Phi) is 5.15. The molecule has 0 bridgehead atoms. The lowest BCUT2D eigenvalue weighted by Gasteiger charge is -2.35. The maximum atomic E-state index is 9.63. The van der Waals surface area contributed by atoms with Gasteiger partial charge in [-0.25, -0.2) is 4.98 Å². The van der Waals surface area contributed by atoms with Gasteiger partial charge in [-0.2, -0.15) is 0 Å². The minimum Gasteiger partial charge on any atom is -0.396 e. The van der Waals surface area contributed by atoms with E-state index in [0.717, 1.165) is 37.4 Å². The molecule has 1 aromatic rings. The predicted octanol–water partition coefficient (Wildman–Crippen LogP) is 2.74. The molecule has 0 amide bonds. The second-order valence-corrected chi connectivity index (χ2v) is 6.60. The van der Waals surface area contributed by atoms with E-state index in [4.69, 9.17) is 0 Å². The first-order valence-corrected chi connectivity index (χ1v) is 7.85. The van der Waals surface area contributed by atoms with Crippen molar-refractivity contribution in [3.63, 3.8) is 0 Å². The molecule has 0 spiro atoms. The number of nitrogens with one attached hydrogen (secondary N) is 1. The highest BCUT2D eigenvalue weighted by Crippen LogP contribution is 2.35. The topological polar surface area (TPSA) is 45.2 Å². The molecule has 1 aliphatic rings. The summed E-state index contributed by atoms with van der Waals surface area (Å²) in [5.41, 5.74) is 0.128. The van der Waals surface area contributed by atoms with Crippen LogP contribution in [-0.2, 0) is 13.0 Å². The largest absolute Gasteiger partial charge is 0.396 e. The molecule has 1 aromatic heterocycles. The average molecular weight is 268 g/mol. The second kappa shape index (κ2) is 6.64. The van der Waals surface area contributed by atoms with Gasteiger partial charge in [0.05, 0.1) is 0 Å². The maximum Gasteiger partial charge on any atom is 0.107 e. The van der Waals surface area contributed by atoms with Gasteiger partial charge in [-0.15, -0.1) is 11.3 Å². The van der Waals surface area contributed by atoms with E-state index in [9.17, 15) is 5.11 Å². The summed E-state index contributed by atoms with van der Waals surface area (Å²) in [6.45, 7) is 4.24. The van der Waals surface area contributed by atoms with Crippen LogP contribution in [0.25, 0.3) is 0 Å². The van der Waals surface area contributed by atoms with Crippen LogP contribution in [0.2, 0.25) is 0 Å². The third-order valence-electron chi connectivity index (χ3n) is 3.98. The molecule has 0 saturated heterocycles. The van der Waals surface area contributed by atoms with Crippen LogP contribution in [0.15, 0.2) is 6.20 Å². The summed E-state index contributed by atoms with van der Waals surface area (Å²) in [5, 5.41) is 14.3. The minimum atomic E-state index is 0.128. The Morgan fingerprint density at radius 1 is 1.39 bits per heavy atom. The molecule has 102 valence electrons. The third kappa shape index (κ3) is 3.53. The van der Waals surface area contributed by atoms with Crippen molar-refractivity contribution in [1.82, 2.24) is 10.3 Å². The van der Waals surface area contributed by atoms with Gasteiger partial charge in [0.25, 0.3) is 0 Å². The van der Waals surface area contributed by atoms with Gasteiger partial charge in [0.2, 0.25) is 0 Å². The first-order chi connectivity index (χ1) is 8.78. The number of hydrogen-bond acceptors (Lipinski definition) is 4. The number of thiazole rings is 1. The Labute approximate surface area is 114 Å². The third-order valence-corrected chi connectivity index (χ3v) is 5.12. The van der Waals surface area contributed by atoms with Gasteiger partial charge in [0.1, 0.15) is 5.01 Å². The summed E-state index contributed by atoms with van der Waals surface area (Å²) < 4.78 is 0. The summed E-state index contributed by atoms with van der Waals surface area (Å²) in [5.74, 6) is 0. The van der Waals surface area contributed by atoms with Gasteiger partial charge in [-0.1, -0.05) is 26.2 Å². The van der Waals surface area contributed by atoms with E-state index < -0.39 is 0 Å². The molecule has 4 heteroatoms. The monoisotopic (exact) mass is 268 g/mol. The summed E-state index contributed by atoms with van der Waals surface area (Å²) in [4.78, 5) is 5.76. The Balaban J connectivity index is 1.79. The molecule has 0 aliphatic heterocycles. The normalized spacial score (nSPS) is 19.0. The van der Waals surface area contributed by atoms with E-state index >= 15 is 0 Å². The van der Waals surface area contributed by atoms with Gasteiger partial charge < -0.3 is 10.4 Å². The molecule has 0 radical (unpaired) electrons. The van der Waals surface area contributed by atoms with Crippen molar-refractivity contribution in [3.8, 4) is 0 Å². The van der Waals surface area contributed by atoms with Crippen LogP contribution < -0.4 is 5.32 Å². The molecule has 0 unspecified atom stereocenters. The van der Waals surface area contributed by atoms with Gasteiger partial charge in [-0.3, -0.25) is 0 Å². The first-order valence-electron chi connectivity index (χ1n) is 7.03. The molecule has 0 atom stereocenters.